The number of benzene rings is 4. The lowest BCUT2D eigenvalue weighted by Gasteiger charge is -2.51. The van der Waals surface area contributed by atoms with E-state index >= 15 is 8.78 Å². The maximum atomic E-state index is 15.3. The highest BCUT2D eigenvalue weighted by Gasteiger charge is 2.77. The minimum atomic E-state index is -2.69. The molecule has 51 heavy (non-hydrogen) atoms. The van der Waals surface area contributed by atoms with Crippen molar-refractivity contribution in [2.75, 3.05) is 9.80 Å². The number of aromatic hydroxyl groups is 1. The van der Waals surface area contributed by atoms with Gasteiger partial charge in [0.2, 0.25) is 17.6 Å². The summed E-state index contributed by atoms with van der Waals surface area (Å²) in [6.07, 6.45) is 0.943. The molecule has 2 aliphatic carbocycles. The summed E-state index contributed by atoms with van der Waals surface area (Å²) < 4.78 is 73.7. The molecule has 2 saturated heterocycles. The Kier molecular flexibility index (Phi) is 7.41. The van der Waals surface area contributed by atoms with Crippen LogP contribution in [0.1, 0.15) is 24.3 Å². The summed E-state index contributed by atoms with van der Waals surface area (Å²) >= 11 is 20.5. The molecular formula is C36H20Cl3F5N2O5. The second-order valence-electron chi connectivity index (χ2n) is 12.9. The minimum Gasteiger partial charge on any atom is -0.507 e. The van der Waals surface area contributed by atoms with Gasteiger partial charge in [-0.05, 0) is 60.0 Å². The Hall–Kier alpha value is -4.52. The number of rotatable bonds is 3. The molecule has 2 aliphatic heterocycles. The summed E-state index contributed by atoms with van der Waals surface area (Å²) in [5.41, 5.74) is -1.15. The number of carbonyl (C=O) groups is 4. The van der Waals surface area contributed by atoms with Gasteiger partial charge in [0.05, 0.1) is 17.5 Å². The molecule has 4 amide bonds. The highest BCUT2D eigenvalue weighted by Crippen LogP contribution is 2.66. The molecule has 7 nitrogen and oxygen atoms in total. The standard InChI is InChI=1S/C36H20Cl3F5N2O5/c37-14-5-7-15(8-6-14)45-31(48)20-10-9-19-21(23(20)32(45)49)13-35(38)33(50)46(30-28(43)26(41)25(40)27(42)29(30)44)34(51)36(35,39)24(19)18-11-12-22(47)17-4-2-1-3-16(17)18/h1-9,11-12,20-21,23-24,47H,10,13H2. The second-order valence-corrected chi connectivity index (χ2v) is 14.6. The highest BCUT2D eigenvalue weighted by atomic mass is 35.5. The first-order valence-corrected chi connectivity index (χ1v) is 16.6. The Morgan fingerprint density at radius 2 is 1.31 bits per heavy atom. The van der Waals surface area contributed by atoms with Crippen LogP contribution in [-0.2, 0) is 19.2 Å². The number of hydrogen-bond acceptors (Lipinski definition) is 5. The fourth-order valence-electron chi connectivity index (χ4n) is 8.32. The van der Waals surface area contributed by atoms with E-state index in [1.165, 1.54) is 36.4 Å². The smallest absolute Gasteiger partial charge is 0.258 e. The number of phenols is 1. The molecule has 0 spiro atoms. The van der Waals surface area contributed by atoms with E-state index in [-0.39, 0.29) is 39.3 Å². The molecule has 1 N–H and O–H groups in total. The van der Waals surface area contributed by atoms with Crippen LogP contribution in [0.15, 0.2) is 72.3 Å². The lowest BCUT2D eigenvalue weighted by Crippen LogP contribution is -2.60. The number of amides is 4. The van der Waals surface area contributed by atoms with Gasteiger partial charge in [-0.1, -0.05) is 53.6 Å². The van der Waals surface area contributed by atoms with Gasteiger partial charge in [-0.2, -0.15) is 0 Å². The number of alkyl halides is 2. The molecular weight excluding hydrogens is 742 g/mol. The van der Waals surface area contributed by atoms with E-state index < -0.39 is 98.2 Å². The van der Waals surface area contributed by atoms with Gasteiger partial charge in [-0.3, -0.25) is 24.1 Å². The Labute approximate surface area is 299 Å². The first-order valence-electron chi connectivity index (χ1n) is 15.5. The summed E-state index contributed by atoms with van der Waals surface area (Å²) in [5.74, 6) is -21.5. The van der Waals surface area contributed by atoms with Crippen LogP contribution in [0.25, 0.3) is 10.8 Å². The molecule has 6 atom stereocenters. The SMILES string of the molecule is O=C1C2CC=C3C(CC4(Cl)C(=O)N(c5c(F)c(F)c(F)c(F)c5F)C(=O)C4(Cl)C3c3ccc(O)c4ccccc34)C2C(=O)N1c1ccc(Cl)cc1. The van der Waals surface area contributed by atoms with Crippen molar-refractivity contribution in [3.8, 4) is 5.75 Å². The number of phenolic OH excluding ortho intramolecular Hbond substituents is 1. The molecule has 4 aromatic rings. The number of carbonyl (C=O) groups excluding carboxylic acids is 4. The first kappa shape index (κ1) is 33.6. The van der Waals surface area contributed by atoms with Crippen molar-refractivity contribution in [3.05, 3.63) is 112 Å². The van der Waals surface area contributed by atoms with Crippen LogP contribution in [-0.4, -0.2) is 38.5 Å². The zero-order chi connectivity index (χ0) is 36.5. The van der Waals surface area contributed by atoms with Crippen molar-refractivity contribution < 1.29 is 46.2 Å². The topological polar surface area (TPSA) is 95.0 Å². The predicted molar refractivity (Wildman–Crippen MR) is 176 cm³/mol. The summed E-state index contributed by atoms with van der Waals surface area (Å²) in [7, 11) is 0. The van der Waals surface area contributed by atoms with Crippen LogP contribution < -0.4 is 9.80 Å². The number of nitrogens with zero attached hydrogens (tertiary/aromatic N) is 2. The average molecular weight is 762 g/mol. The molecule has 4 aromatic carbocycles. The minimum absolute atomic E-state index is 0.0244. The van der Waals surface area contributed by atoms with E-state index in [2.05, 4.69) is 0 Å². The predicted octanol–water partition coefficient (Wildman–Crippen LogP) is 7.66. The Bertz CT molecular complexity index is 2290. The molecule has 8 rings (SSSR count). The van der Waals surface area contributed by atoms with E-state index in [9.17, 15) is 37.5 Å². The average Bonchev–Trinajstić information content (AvgIpc) is 3.45. The van der Waals surface area contributed by atoms with Gasteiger partial charge in [0.1, 0.15) is 11.4 Å². The molecule has 3 fully saturated rings. The number of imide groups is 2. The zero-order valence-electron chi connectivity index (χ0n) is 25.6. The van der Waals surface area contributed by atoms with Gasteiger partial charge in [0.25, 0.3) is 11.8 Å². The highest BCUT2D eigenvalue weighted by molar-refractivity contribution is 6.58. The number of anilines is 2. The molecule has 260 valence electrons. The Morgan fingerprint density at radius 1 is 0.706 bits per heavy atom. The number of halogens is 8. The van der Waals surface area contributed by atoms with Crippen LogP contribution in [0.3, 0.4) is 0 Å². The van der Waals surface area contributed by atoms with Crippen LogP contribution >= 0.6 is 34.8 Å². The third kappa shape index (κ3) is 4.24. The summed E-state index contributed by atoms with van der Waals surface area (Å²) in [6, 6.07) is 15.0. The van der Waals surface area contributed by atoms with Crippen molar-refractivity contribution >= 4 is 80.6 Å². The summed E-state index contributed by atoms with van der Waals surface area (Å²) in [4.78, 5) is 52.4. The molecule has 0 aromatic heterocycles. The van der Waals surface area contributed by atoms with Crippen LogP contribution in [0.4, 0.5) is 33.3 Å². The third-order valence-corrected chi connectivity index (χ3v) is 12.2. The lowest BCUT2D eigenvalue weighted by molar-refractivity contribution is -0.125. The van der Waals surface area contributed by atoms with Gasteiger partial charge in [0, 0.05) is 16.3 Å². The van der Waals surface area contributed by atoms with Gasteiger partial charge in [0.15, 0.2) is 33.0 Å². The molecule has 0 radical (unpaired) electrons. The zero-order valence-corrected chi connectivity index (χ0v) is 27.8. The van der Waals surface area contributed by atoms with Crippen LogP contribution in [0.2, 0.25) is 5.02 Å². The Balaban J connectivity index is 1.37. The fourth-order valence-corrected chi connectivity index (χ4v) is 9.37. The fraction of sp³-hybridized carbons (Fsp3) is 0.222. The molecule has 2 heterocycles. The number of fused-ring (bicyclic) bond motifs is 5. The molecule has 1 saturated carbocycles. The molecule has 4 aliphatic rings. The van der Waals surface area contributed by atoms with Crippen molar-refractivity contribution in [2.45, 2.75) is 28.5 Å². The van der Waals surface area contributed by atoms with E-state index in [0.717, 1.165) is 4.90 Å². The van der Waals surface area contributed by atoms with Crippen molar-refractivity contribution in [3.63, 3.8) is 0 Å². The van der Waals surface area contributed by atoms with E-state index in [4.69, 9.17) is 34.8 Å². The van der Waals surface area contributed by atoms with Crippen LogP contribution in [0.5, 0.6) is 5.75 Å². The van der Waals surface area contributed by atoms with Gasteiger partial charge in [-0.25, -0.2) is 26.9 Å². The number of allylic oxidation sites excluding steroid dienone is 2. The van der Waals surface area contributed by atoms with Crippen molar-refractivity contribution in [1.82, 2.24) is 0 Å². The maximum Gasteiger partial charge on any atom is 0.258 e. The largest absolute Gasteiger partial charge is 0.507 e. The number of hydrogen-bond donors (Lipinski definition) is 1. The van der Waals surface area contributed by atoms with Gasteiger partial charge < -0.3 is 5.11 Å². The van der Waals surface area contributed by atoms with Crippen molar-refractivity contribution in [1.29, 1.82) is 0 Å². The van der Waals surface area contributed by atoms with Crippen LogP contribution in [0, 0.1) is 46.8 Å². The monoisotopic (exact) mass is 760 g/mol. The molecule has 6 unspecified atom stereocenters. The molecule has 0 bridgehead atoms. The van der Waals surface area contributed by atoms with E-state index in [1.807, 2.05) is 0 Å². The van der Waals surface area contributed by atoms with Crippen molar-refractivity contribution in [2.24, 2.45) is 17.8 Å². The van der Waals surface area contributed by atoms with Gasteiger partial charge in [-0.15, -0.1) is 23.2 Å². The third-order valence-electron chi connectivity index (χ3n) is 10.6. The Morgan fingerprint density at radius 3 is 1.96 bits per heavy atom. The quantitative estimate of drug-likeness (QED) is 0.0578. The van der Waals surface area contributed by atoms with Gasteiger partial charge >= 0.3 is 0 Å². The first-order chi connectivity index (χ1) is 24.1. The second kappa shape index (κ2) is 11.2. The summed E-state index contributed by atoms with van der Waals surface area (Å²) in [6.45, 7) is 0. The lowest BCUT2D eigenvalue weighted by atomic mass is 9.56. The summed E-state index contributed by atoms with van der Waals surface area (Å²) in [5, 5.41) is 11.6. The normalized spacial score (nSPS) is 28.7. The maximum absolute atomic E-state index is 15.3. The van der Waals surface area contributed by atoms with E-state index in [1.54, 1.807) is 30.3 Å². The molecule has 15 heteroatoms. The van der Waals surface area contributed by atoms with E-state index in [0.29, 0.717) is 10.4 Å².